The van der Waals surface area contributed by atoms with Gasteiger partial charge in [0.25, 0.3) is 0 Å². The summed E-state index contributed by atoms with van der Waals surface area (Å²) in [6.07, 6.45) is 1.95. The van der Waals surface area contributed by atoms with Crippen LogP contribution in [0.15, 0.2) is 0 Å². The number of carbonyl (C=O) groups excluding carboxylic acids is 1. The zero-order valence-corrected chi connectivity index (χ0v) is 10.0. The molecule has 0 spiro atoms. The summed E-state index contributed by atoms with van der Waals surface area (Å²) in [6, 6.07) is 0. The fourth-order valence-corrected chi connectivity index (χ4v) is 2.35. The molecule has 0 saturated carbocycles. The molecule has 82 valence electrons. The van der Waals surface area contributed by atoms with Gasteiger partial charge in [0, 0.05) is 13.1 Å². The largest absolute Gasteiger partial charge is 0.341 e. The highest BCUT2D eigenvalue weighted by molar-refractivity contribution is 6.30. The molecule has 2 nitrogen and oxygen atoms in total. The summed E-state index contributed by atoms with van der Waals surface area (Å²) in [7, 11) is 0. The van der Waals surface area contributed by atoms with Crippen molar-refractivity contribution in [1.82, 2.24) is 4.90 Å². The number of carbonyl (C=O) groups is 1. The number of piperidine rings is 1. The van der Waals surface area contributed by atoms with E-state index in [4.69, 9.17) is 11.6 Å². The Hall–Kier alpha value is -0.240. The van der Waals surface area contributed by atoms with Crippen LogP contribution in [-0.4, -0.2) is 29.3 Å². The molecule has 0 unspecified atom stereocenters. The molecule has 3 heteroatoms. The van der Waals surface area contributed by atoms with Gasteiger partial charge in [-0.2, -0.15) is 0 Å². The lowest BCUT2D eigenvalue weighted by molar-refractivity contribution is -0.133. The van der Waals surface area contributed by atoms with Crippen LogP contribution in [0, 0.1) is 11.8 Å². The van der Waals surface area contributed by atoms with E-state index in [1.807, 2.05) is 11.8 Å². The number of alkyl halides is 1. The fraction of sp³-hybridized carbons (Fsp3) is 0.909. The number of hydrogen-bond donors (Lipinski definition) is 0. The molecule has 1 aliphatic rings. The van der Waals surface area contributed by atoms with Crippen molar-refractivity contribution in [2.45, 2.75) is 39.0 Å². The minimum atomic E-state index is -0.326. The Kier molecular flexibility index (Phi) is 4.24. The summed E-state index contributed by atoms with van der Waals surface area (Å²) >= 11 is 5.95. The Balaban J connectivity index is 2.54. The Morgan fingerprint density at radius 3 is 2.36 bits per heavy atom. The Morgan fingerprint density at radius 1 is 1.43 bits per heavy atom. The lowest BCUT2D eigenvalue weighted by Crippen LogP contribution is -2.45. The van der Waals surface area contributed by atoms with Crippen molar-refractivity contribution in [1.29, 1.82) is 0 Å². The molecule has 1 fully saturated rings. The normalized spacial score (nSPS) is 30.1. The molecule has 14 heavy (non-hydrogen) atoms. The average molecular weight is 218 g/mol. The Bertz CT molecular complexity index is 197. The van der Waals surface area contributed by atoms with Crippen molar-refractivity contribution >= 4 is 17.5 Å². The quantitative estimate of drug-likeness (QED) is 0.651. The maximum Gasteiger partial charge on any atom is 0.240 e. The maximum atomic E-state index is 11.8. The van der Waals surface area contributed by atoms with E-state index < -0.39 is 0 Å². The zero-order valence-electron chi connectivity index (χ0n) is 9.29. The first-order valence-corrected chi connectivity index (χ1v) is 5.91. The summed E-state index contributed by atoms with van der Waals surface area (Å²) in [4.78, 5) is 13.7. The van der Waals surface area contributed by atoms with Crippen molar-refractivity contribution in [3.8, 4) is 0 Å². The summed E-state index contributed by atoms with van der Waals surface area (Å²) in [6.45, 7) is 8.11. The molecule has 3 atom stereocenters. The number of rotatable bonds is 2. The van der Waals surface area contributed by atoms with E-state index in [2.05, 4.69) is 13.8 Å². The van der Waals surface area contributed by atoms with Crippen LogP contribution in [0.3, 0.4) is 0 Å². The summed E-state index contributed by atoms with van der Waals surface area (Å²) in [5, 5.41) is -0.326. The van der Waals surface area contributed by atoms with Crippen molar-refractivity contribution < 1.29 is 4.79 Å². The van der Waals surface area contributed by atoms with Crippen LogP contribution in [0.5, 0.6) is 0 Å². The van der Waals surface area contributed by atoms with E-state index >= 15 is 0 Å². The molecule has 0 aromatic heterocycles. The molecule has 1 amide bonds. The maximum absolute atomic E-state index is 11.8. The van der Waals surface area contributed by atoms with Gasteiger partial charge in [-0.25, -0.2) is 0 Å². The van der Waals surface area contributed by atoms with Crippen molar-refractivity contribution in [2.24, 2.45) is 11.8 Å². The molecule has 1 saturated heterocycles. The molecule has 0 aromatic rings. The Labute approximate surface area is 91.6 Å². The SMILES string of the molecule is CC[C@H](Cl)C(=O)N1C[C@H](C)C[C@@H](C)C1. The van der Waals surface area contributed by atoms with Gasteiger partial charge in [0.1, 0.15) is 5.38 Å². The van der Waals surface area contributed by atoms with E-state index in [0.717, 1.165) is 19.5 Å². The zero-order chi connectivity index (χ0) is 10.7. The lowest BCUT2D eigenvalue weighted by atomic mass is 9.91. The highest BCUT2D eigenvalue weighted by atomic mass is 35.5. The van der Waals surface area contributed by atoms with Gasteiger partial charge >= 0.3 is 0 Å². The van der Waals surface area contributed by atoms with Crippen LogP contribution in [-0.2, 0) is 4.79 Å². The monoisotopic (exact) mass is 217 g/mol. The van der Waals surface area contributed by atoms with Crippen molar-refractivity contribution in [3.63, 3.8) is 0 Å². The molecule has 0 bridgehead atoms. The second-order valence-electron chi connectivity index (χ2n) is 4.57. The first-order chi connectivity index (χ1) is 6.54. The predicted molar refractivity (Wildman–Crippen MR) is 59.5 cm³/mol. The van der Waals surface area contributed by atoms with Crippen LogP contribution in [0.1, 0.15) is 33.6 Å². The van der Waals surface area contributed by atoms with E-state index in [0.29, 0.717) is 11.8 Å². The third-order valence-electron chi connectivity index (χ3n) is 2.81. The number of amides is 1. The third-order valence-corrected chi connectivity index (χ3v) is 3.30. The van der Waals surface area contributed by atoms with Crippen molar-refractivity contribution in [2.75, 3.05) is 13.1 Å². The van der Waals surface area contributed by atoms with E-state index in [1.54, 1.807) is 0 Å². The number of nitrogens with zero attached hydrogens (tertiary/aromatic N) is 1. The van der Waals surface area contributed by atoms with Crippen LogP contribution < -0.4 is 0 Å². The predicted octanol–water partition coefficient (Wildman–Crippen LogP) is 2.51. The minimum absolute atomic E-state index is 0.118. The van der Waals surface area contributed by atoms with Gasteiger partial charge in [0.15, 0.2) is 0 Å². The average Bonchev–Trinajstić information content (AvgIpc) is 2.14. The standard InChI is InChI=1S/C11H20ClNO/c1-4-10(12)11(14)13-6-8(2)5-9(3)7-13/h8-10H,4-7H2,1-3H3/t8-,9-,10+/m1/s1. The third kappa shape index (κ3) is 2.88. The smallest absolute Gasteiger partial charge is 0.240 e. The van der Waals surface area contributed by atoms with Gasteiger partial charge in [-0.3, -0.25) is 4.79 Å². The van der Waals surface area contributed by atoms with E-state index in [9.17, 15) is 4.79 Å². The van der Waals surface area contributed by atoms with Gasteiger partial charge in [0.2, 0.25) is 5.91 Å². The molecule has 0 aromatic carbocycles. The first kappa shape index (κ1) is 11.8. The highest BCUT2D eigenvalue weighted by Gasteiger charge is 2.28. The molecule has 1 aliphatic heterocycles. The number of likely N-dealkylation sites (tertiary alicyclic amines) is 1. The van der Waals surface area contributed by atoms with Crippen LogP contribution in [0.25, 0.3) is 0 Å². The minimum Gasteiger partial charge on any atom is -0.341 e. The first-order valence-electron chi connectivity index (χ1n) is 5.47. The molecular formula is C11H20ClNO. The number of hydrogen-bond acceptors (Lipinski definition) is 1. The molecular weight excluding hydrogens is 198 g/mol. The molecule has 0 radical (unpaired) electrons. The lowest BCUT2D eigenvalue weighted by Gasteiger charge is -2.35. The van der Waals surface area contributed by atoms with Gasteiger partial charge in [-0.15, -0.1) is 11.6 Å². The van der Waals surface area contributed by atoms with Crippen LogP contribution in [0.2, 0.25) is 0 Å². The van der Waals surface area contributed by atoms with Gasteiger partial charge in [-0.05, 0) is 24.7 Å². The second kappa shape index (κ2) is 5.01. The highest BCUT2D eigenvalue weighted by Crippen LogP contribution is 2.22. The van der Waals surface area contributed by atoms with Gasteiger partial charge in [-0.1, -0.05) is 20.8 Å². The fourth-order valence-electron chi connectivity index (χ4n) is 2.22. The molecule has 0 N–H and O–H groups in total. The summed E-state index contributed by atoms with van der Waals surface area (Å²) in [5.41, 5.74) is 0. The topological polar surface area (TPSA) is 20.3 Å². The Morgan fingerprint density at radius 2 is 1.93 bits per heavy atom. The van der Waals surface area contributed by atoms with Crippen LogP contribution >= 0.6 is 11.6 Å². The van der Waals surface area contributed by atoms with Crippen LogP contribution in [0.4, 0.5) is 0 Å². The van der Waals surface area contributed by atoms with Gasteiger partial charge < -0.3 is 4.90 Å². The summed E-state index contributed by atoms with van der Waals surface area (Å²) in [5.74, 6) is 1.35. The van der Waals surface area contributed by atoms with E-state index in [1.165, 1.54) is 6.42 Å². The molecule has 1 rings (SSSR count). The van der Waals surface area contributed by atoms with Crippen molar-refractivity contribution in [3.05, 3.63) is 0 Å². The van der Waals surface area contributed by atoms with Gasteiger partial charge in [0.05, 0.1) is 0 Å². The number of halogens is 1. The van der Waals surface area contributed by atoms with E-state index in [-0.39, 0.29) is 11.3 Å². The molecule has 1 heterocycles. The molecule has 0 aliphatic carbocycles. The summed E-state index contributed by atoms with van der Waals surface area (Å²) < 4.78 is 0. The second-order valence-corrected chi connectivity index (χ2v) is 5.09.